The average molecular weight is 508 g/mol. The Morgan fingerprint density at radius 2 is 1.47 bits per heavy atom. The van der Waals surface area contributed by atoms with E-state index in [0.29, 0.717) is 11.4 Å². The first-order chi connectivity index (χ1) is 8.49. The smallest absolute Gasteiger partial charge is 0.254 e. The Hall–Kier alpha value is 0.570. The molecule has 4 nitrogen and oxygen atoms in total. The summed E-state index contributed by atoms with van der Waals surface area (Å²) in [6.07, 6.45) is 0.985. The molecular weight excluding hydrogens is 489 g/mol. The van der Waals surface area contributed by atoms with Gasteiger partial charge < -0.3 is 3.11 Å². The third-order valence-electron chi connectivity index (χ3n) is 4.30. The SMILES string of the molecule is CCC(C)(C)C(C)(C)N(I)c1c(N(P)I)c(=O)c1=O. The number of hydrogen-bond donors (Lipinski definition) is 0. The standard InChI is InChI=1S/C12H19I2N2O2P/c1-6-11(2,3)12(4,5)15(13)7-8(16(14)19)10(18)9(7)17/h6,19H2,1-5H3. The van der Waals surface area contributed by atoms with Crippen LogP contribution in [0.1, 0.15) is 41.0 Å². The van der Waals surface area contributed by atoms with E-state index in [2.05, 4.69) is 66.9 Å². The van der Waals surface area contributed by atoms with Crippen molar-refractivity contribution in [3.8, 4) is 0 Å². The quantitative estimate of drug-likeness (QED) is 0.264. The second-order valence-corrected chi connectivity index (χ2v) is 9.32. The highest BCUT2D eigenvalue weighted by molar-refractivity contribution is 14.1. The van der Waals surface area contributed by atoms with Gasteiger partial charge in [-0.1, -0.05) is 20.8 Å². The van der Waals surface area contributed by atoms with Gasteiger partial charge in [-0.3, -0.25) is 12.5 Å². The van der Waals surface area contributed by atoms with E-state index >= 15 is 0 Å². The van der Waals surface area contributed by atoms with Crippen LogP contribution in [0.3, 0.4) is 0 Å². The van der Waals surface area contributed by atoms with Crippen LogP contribution in [-0.2, 0) is 0 Å². The van der Waals surface area contributed by atoms with Crippen molar-refractivity contribution in [2.24, 2.45) is 5.41 Å². The molecule has 0 amide bonds. The summed E-state index contributed by atoms with van der Waals surface area (Å²) >= 11 is 4.13. The fourth-order valence-electron chi connectivity index (χ4n) is 1.73. The van der Waals surface area contributed by atoms with Gasteiger partial charge in [0.15, 0.2) is 0 Å². The molecule has 1 unspecified atom stereocenters. The Morgan fingerprint density at radius 3 is 1.84 bits per heavy atom. The van der Waals surface area contributed by atoms with Gasteiger partial charge in [0.05, 0.1) is 45.7 Å². The second kappa shape index (κ2) is 5.75. The molecule has 0 aliphatic rings. The van der Waals surface area contributed by atoms with Crippen molar-refractivity contribution >= 4 is 66.5 Å². The molecule has 0 bridgehead atoms. The number of rotatable bonds is 5. The third-order valence-corrected chi connectivity index (χ3v) is 6.73. The predicted molar refractivity (Wildman–Crippen MR) is 102 cm³/mol. The van der Waals surface area contributed by atoms with E-state index in [-0.39, 0.29) is 11.0 Å². The van der Waals surface area contributed by atoms with Crippen LogP contribution in [0.25, 0.3) is 0 Å². The van der Waals surface area contributed by atoms with Gasteiger partial charge in [-0.15, -0.1) is 0 Å². The van der Waals surface area contributed by atoms with Gasteiger partial charge in [0, 0.05) is 5.54 Å². The van der Waals surface area contributed by atoms with Crippen molar-refractivity contribution in [2.75, 3.05) is 6.00 Å². The summed E-state index contributed by atoms with van der Waals surface area (Å²) in [5.74, 6) is 0. The van der Waals surface area contributed by atoms with E-state index in [1.54, 1.807) is 2.88 Å². The van der Waals surface area contributed by atoms with E-state index in [1.165, 1.54) is 0 Å². The highest BCUT2D eigenvalue weighted by Crippen LogP contribution is 2.45. The molecule has 0 saturated carbocycles. The summed E-state index contributed by atoms with van der Waals surface area (Å²) in [5.41, 5.74) is -0.0649. The van der Waals surface area contributed by atoms with Crippen LogP contribution in [-0.4, -0.2) is 5.54 Å². The fourth-order valence-corrected chi connectivity index (χ4v) is 3.51. The molecule has 0 saturated heterocycles. The summed E-state index contributed by atoms with van der Waals surface area (Å²) in [6.45, 7) is 10.7. The van der Waals surface area contributed by atoms with Crippen molar-refractivity contribution in [3.63, 3.8) is 0 Å². The first-order valence-electron chi connectivity index (χ1n) is 5.99. The summed E-state index contributed by atoms with van der Waals surface area (Å²) < 4.78 is 3.53. The molecule has 0 spiro atoms. The lowest BCUT2D eigenvalue weighted by Crippen LogP contribution is -2.53. The van der Waals surface area contributed by atoms with E-state index in [1.807, 2.05) is 26.0 Å². The molecule has 1 rings (SSSR count). The molecule has 0 aliphatic heterocycles. The summed E-state index contributed by atoms with van der Waals surface area (Å²) in [5, 5.41) is 0. The molecule has 108 valence electrons. The van der Waals surface area contributed by atoms with Crippen molar-refractivity contribution in [1.82, 2.24) is 0 Å². The first-order valence-corrected chi connectivity index (χ1v) is 8.43. The maximum absolute atomic E-state index is 11.9. The number of hydrogen-bond acceptors (Lipinski definition) is 4. The maximum atomic E-state index is 11.9. The Bertz CT molecular complexity index is 548. The summed E-state index contributed by atoms with van der Waals surface area (Å²) in [6, 6.07) is 0. The minimum atomic E-state index is -0.411. The lowest BCUT2D eigenvalue weighted by molar-refractivity contribution is 0.204. The second-order valence-electron chi connectivity index (χ2n) is 5.74. The molecule has 1 aromatic carbocycles. The van der Waals surface area contributed by atoms with E-state index in [9.17, 15) is 9.59 Å². The van der Waals surface area contributed by atoms with Gasteiger partial charge in [-0.05, 0) is 35.1 Å². The molecule has 0 heterocycles. The Labute approximate surface area is 144 Å². The topological polar surface area (TPSA) is 40.6 Å². The molecule has 0 radical (unpaired) electrons. The molecule has 0 aliphatic carbocycles. The normalized spacial score (nSPS) is 12.8. The van der Waals surface area contributed by atoms with Gasteiger partial charge in [-0.25, -0.2) is 0 Å². The van der Waals surface area contributed by atoms with E-state index in [0.717, 1.165) is 6.42 Å². The minimum absolute atomic E-state index is 0.0161. The van der Waals surface area contributed by atoms with Crippen molar-refractivity contribution < 1.29 is 0 Å². The Balaban J connectivity index is 3.30. The van der Waals surface area contributed by atoms with E-state index in [4.69, 9.17) is 0 Å². The molecule has 7 heteroatoms. The van der Waals surface area contributed by atoms with Crippen LogP contribution < -0.4 is 16.9 Å². The monoisotopic (exact) mass is 508 g/mol. The molecule has 19 heavy (non-hydrogen) atoms. The van der Waals surface area contributed by atoms with Crippen LogP contribution in [0.4, 0.5) is 11.4 Å². The average Bonchev–Trinajstić information content (AvgIpc) is 2.32. The minimum Gasteiger partial charge on any atom is -0.303 e. The zero-order valence-corrected chi connectivity index (χ0v) is 17.2. The highest BCUT2D eigenvalue weighted by atomic mass is 127. The van der Waals surface area contributed by atoms with Crippen LogP contribution >= 0.6 is 55.1 Å². The van der Waals surface area contributed by atoms with Gasteiger partial charge in [-0.2, -0.15) is 0 Å². The Morgan fingerprint density at radius 1 is 1.05 bits per heavy atom. The van der Waals surface area contributed by atoms with Crippen LogP contribution in [0.2, 0.25) is 0 Å². The first kappa shape index (κ1) is 17.6. The Kier molecular flexibility index (Phi) is 5.33. The molecule has 0 aromatic heterocycles. The molecular formula is C12H19I2N2O2P. The van der Waals surface area contributed by atoms with Gasteiger partial charge in [0.1, 0.15) is 11.4 Å². The van der Waals surface area contributed by atoms with Crippen LogP contribution in [0, 0.1) is 5.41 Å². The maximum Gasteiger partial charge on any atom is 0.254 e. The fraction of sp³-hybridized carbons (Fsp3) is 0.667. The third kappa shape index (κ3) is 2.81. The highest BCUT2D eigenvalue weighted by Gasteiger charge is 2.43. The molecule has 0 fully saturated rings. The largest absolute Gasteiger partial charge is 0.303 e. The number of nitrogens with zero attached hydrogens (tertiary/aromatic N) is 2. The number of anilines is 2. The molecule has 0 N–H and O–H groups in total. The lowest BCUT2D eigenvalue weighted by Gasteiger charge is -2.47. The number of halogens is 2. The molecule has 1 atom stereocenters. The summed E-state index contributed by atoms with van der Waals surface area (Å²) in [7, 11) is 2.42. The zero-order valence-electron chi connectivity index (χ0n) is 11.8. The summed E-state index contributed by atoms with van der Waals surface area (Å²) in [4.78, 5) is 23.6. The van der Waals surface area contributed by atoms with Crippen LogP contribution in [0.15, 0.2) is 9.59 Å². The zero-order chi connectivity index (χ0) is 15.2. The van der Waals surface area contributed by atoms with Crippen molar-refractivity contribution in [1.29, 1.82) is 0 Å². The van der Waals surface area contributed by atoms with Crippen molar-refractivity contribution in [3.05, 3.63) is 20.4 Å². The van der Waals surface area contributed by atoms with Gasteiger partial charge >= 0.3 is 0 Å². The molecule has 1 aromatic rings. The van der Waals surface area contributed by atoms with E-state index < -0.39 is 10.9 Å². The lowest BCUT2D eigenvalue weighted by atomic mass is 9.72. The van der Waals surface area contributed by atoms with Gasteiger partial charge in [0.25, 0.3) is 10.9 Å². The van der Waals surface area contributed by atoms with Crippen LogP contribution in [0.5, 0.6) is 0 Å². The van der Waals surface area contributed by atoms with Crippen molar-refractivity contribution in [2.45, 2.75) is 46.6 Å². The predicted octanol–water partition coefficient (Wildman–Crippen LogP) is 3.60. The van der Waals surface area contributed by atoms with Gasteiger partial charge in [0.2, 0.25) is 0 Å².